The van der Waals surface area contributed by atoms with Crippen LogP contribution in [0.1, 0.15) is 146 Å². The third kappa shape index (κ3) is 8.61. The first kappa shape index (κ1) is 32.7. The molecule has 3 aliphatic rings. The molecule has 8 unspecified atom stereocenters. The lowest BCUT2D eigenvalue weighted by Crippen LogP contribution is -2.32. The van der Waals surface area contributed by atoms with Crippen molar-refractivity contribution in [2.24, 2.45) is 59.2 Å². The third-order valence-electron chi connectivity index (χ3n) is 10.9. The molecule has 0 aromatic carbocycles. The van der Waals surface area contributed by atoms with Crippen molar-refractivity contribution < 1.29 is 5.48 Å². The minimum atomic E-state index is 0. The Morgan fingerprint density at radius 2 is 1.63 bits per heavy atom. The first-order chi connectivity index (χ1) is 16.4. The lowest BCUT2D eigenvalue weighted by Gasteiger charge is -2.41. The van der Waals surface area contributed by atoms with Gasteiger partial charge in [0.15, 0.2) is 0 Å². The fraction of sp³-hybridized carbons (Fsp3) is 0.941. The molecule has 2 saturated carbocycles. The smallest absolute Gasteiger partial charge is 0.0232 e. The van der Waals surface area contributed by atoms with E-state index in [9.17, 15) is 0 Å². The van der Waals surface area contributed by atoms with Gasteiger partial charge >= 0.3 is 0 Å². The normalized spacial score (nSPS) is 35.0. The molecule has 10 atom stereocenters. The Morgan fingerprint density at radius 1 is 0.914 bits per heavy atom. The second-order valence-corrected chi connectivity index (χ2v) is 12.9. The van der Waals surface area contributed by atoms with Gasteiger partial charge in [-0.1, -0.05) is 112 Å². The van der Waals surface area contributed by atoms with Gasteiger partial charge in [0.05, 0.1) is 0 Å². The first-order valence-electron chi connectivity index (χ1n) is 16.1. The van der Waals surface area contributed by atoms with Gasteiger partial charge in [-0.05, 0) is 104 Å². The van der Waals surface area contributed by atoms with Gasteiger partial charge in [0.2, 0.25) is 0 Å². The lowest BCUT2D eigenvalue weighted by molar-refractivity contribution is 0.0932. The van der Waals surface area contributed by atoms with Crippen molar-refractivity contribution in [2.75, 3.05) is 0 Å². The van der Waals surface area contributed by atoms with E-state index in [-0.39, 0.29) is 5.48 Å². The zero-order valence-electron chi connectivity index (χ0n) is 25.5. The summed E-state index contributed by atoms with van der Waals surface area (Å²) < 4.78 is 0. The Balaban J connectivity index is 0.00000199. The zero-order valence-corrected chi connectivity index (χ0v) is 25.5. The molecule has 3 aliphatic carbocycles. The van der Waals surface area contributed by atoms with E-state index in [1.54, 1.807) is 0 Å². The number of rotatable bonds is 11. The average molecular weight is 491 g/mol. The van der Waals surface area contributed by atoms with Crippen molar-refractivity contribution in [2.45, 2.75) is 146 Å². The summed E-state index contributed by atoms with van der Waals surface area (Å²) in [7, 11) is 0. The van der Waals surface area contributed by atoms with Crippen LogP contribution in [-0.2, 0) is 0 Å². The Hall–Kier alpha value is -0.300. The minimum Gasteiger partial charge on any atom is -0.412 e. The van der Waals surface area contributed by atoms with Crippen LogP contribution in [0.5, 0.6) is 0 Å². The van der Waals surface area contributed by atoms with Crippen LogP contribution in [0.3, 0.4) is 0 Å². The highest BCUT2D eigenvalue weighted by atomic mass is 16.0. The van der Waals surface area contributed by atoms with Crippen molar-refractivity contribution in [1.29, 1.82) is 0 Å². The molecule has 1 heteroatoms. The first-order valence-corrected chi connectivity index (χ1v) is 16.1. The minimum absolute atomic E-state index is 0. The van der Waals surface area contributed by atoms with E-state index in [1.165, 1.54) is 83.5 Å². The molecule has 0 spiro atoms. The van der Waals surface area contributed by atoms with Crippen molar-refractivity contribution in [3.63, 3.8) is 0 Å². The van der Waals surface area contributed by atoms with Crippen LogP contribution in [0, 0.1) is 59.2 Å². The summed E-state index contributed by atoms with van der Waals surface area (Å²) in [5.74, 6) is 9.59. The predicted molar refractivity (Wildman–Crippen MR) is 158 cm³/mol. The summed E-state index contributed by atoms with van der Waals surface area (Å²) in [6.07, 6.45) is 21.5. The molecular weight excluding hydrogens is 424 g/mol. The lowest BCUT2D eigenvalue weighted by atomic mass is 9.64. The maximum atomic E-state index is 2.72. The van der Waals surface area contributed by atoms with Gasteiger partial charge in [-0.15, -0.1) is 0 Å². The number of allylic oxidation sites excluding steroid dienone is 2. The fourth-order valence-electron chi connectivity index (χ4n) is 8.76. The average Bonchev–Trinajstić information content (AvgIpc) is 3.20. The van der Waals surface area contributed by atoms with Crippen molar-refractivity contribution in [3.8, 4) is 0 Å². The molecule has 0 bridgehead atoms. The van der Waals surface area contributed by atoms with Gasteiger partial charge in [-0.2, -0.15) is 0 Å². The number of hydrogen-bond acceptors (Lipinski definition) is 0. The second-order valence-electron chi connectivity index (χ2n) is 12.9. The van der Waals surface area contributed by atoms with Gasteiger partial charge in [-0.25, -0.2) is 0 Å². The molecule has 0 radical (unpaired) electrons. The van der Waals surface area contributed by atoms with E-state index in [4.69, 9.17) is 0 Å². The Bertz CT molecular complexity index is 579. The molecule has 1 nitrogen and oxygen atoms in total. The van der Waals surface area contributed by atoms with Crippen LogP contribution in [0.2, 0.25) is 0 Å². The molecule has 208 valence electrons. The molecule has 2 N–H and O–H groups in total. The molecule has 3 rings (SSSR count). The van der Waals surface area contributed by atoms with Crippen LogP contribution < -0.4 is 0 Å². The van der Waals surface area contributed by atoms with Gasteiger partial charge < -0.3 is 5.48 Å². The molecule has 0 aromatic rings. The topological polar surface area (TPSA) is 31.5 Å². The maximum Gasteiger partial charge on any atom is -0.0232 e. The molecule has 0 amide bonds. The largest absolute Gasteiger partial charge is 0.412 e. The Morgan fingerprint density at radius 3 is 2.23 bits per heavy atom. The highest BCUT2D eigenvalue weighted by Gasteiger charge is 2.45. The van der Waals surface area contributed by atoms with Crippen molar-refractivity contribution in [1.82, 2.24) is 0 Å². The van der Waals surface area contributed by atoms with E-state index < -0.39 is 0 Å². The molecule has 0 aromatic heterocycles. The van der Waals surface area contributed by atoms with E-state index in [0.717, 1.165) is 59.2 Å². The Labute approximate surface area is 222 Å². The highest BCUT2D eigenvalue weighted by molar-refractivity contribution is 5.15. The van der Waals surface area contributed by atoms with Crippen LogP contribution in [-0.4, -0.2) is 5.48 Å². The maximum absolute atomic E-state index is 2.72. The fourth-order valence-corrected chi connectivity index (χ4v) is 8.76. The summed E-state index contributed by atoms with van der Waals surface area (Å²) >= 11 is 0. The summed E-state index contributed by atoms with van der Waals surface area (Å²) in [6, 6.07) is 0. The molecule has 0 heterocycles. The standard InChI is InChI=1S/C32H58.C2H6.H2O/c1-8-11-12-13-23(5)28-15-17-31-27(10-3)20-29(32(31)21-28)19-26(9-2)25(7)30-16-14-22(4)18-24(30)6;1-2;/h15,22-27,29-32H,8-14,16-21H2,1-7H3;1-2H3;1H2/t22?,23?,24?,25?,26-,27?,29?,30?,31+,32?;;/m1../s1. The van der Waals surface area contributed by atoms with Crippen molar-refractivity contribution in [3.05, 3.63) is 11.6 Å². The summed E-state index contributed by atoms with van der Waals surface area (Å²) in [6.45, 7) is 21.5. The second kappa shape index (κ2) is 16.5. The Kier molecular flexibility index (Phi) is 15.5. The summed E-state index contributed by atoms with van der Waals surface area (Å²) in [5.41, 5.74) is 1.85. The van der Waals surface area contributed by atoms with Crippen molar-refractivity contribution >= 4 is 0 Å². The summed E-state index contributed by atoms with van der Waals surface area (Å²) in [5, 5.41) is 0. The number of unbranched alkanes of at least 4 members (excludes halogenated alkanes) is 2. The quantitative estimate of drug-likeness (QED) is 0.204. The van der Waals surface area contributed by atoms with Crippen LogP contribution >= 0.6 is 0 Å². The monoisotopic (exact) mass is 491 g/mol. The highest BCUT2D eigenvalue weighted by Crippen LogP contribution is 2.54. The molecule has 0 aliphatic heterocycles. The van der Waals surface area contributed by atoms with E-state index in [2.05, 4.69) is 54.5 Å². The van der Waals surface area contributed by atoms with Crippen LogP contribution in [0.15, 0.2) is 11.6 Å². The summed E-state index contributed by atoms with van der Waals surface area (Å²) in [4.78, 5) is 0. The van der Waals surface area contributed by atoms with Gasteiger partial charge in [0, 0.05) is 0 Å². The zero-order chi connectivity index (χ0) is 25.3. The van der Waals surface area contributed by atoms with Gasteiger partial charge in [0.25, 0.3) is 0 Å². The molecular formula is C34H66O. The van der Waals surface area contributed by atoms with E-state index in [0.29, 0.717) is 0 Å². The van der Waals surface area contributed by atoms with Crippen LogP contribution in [0.25, 0.3) is 0 Å². The SMILES string of the molecule is CC.CCCCCC(C)C1=CC[C@H]2C(CC)CC(C[C@@H](CC)C(C)C3CCC(C)CC3C)C2C1.O. The molecule has 0 saturated heterocycles. The molecule has 35 heavy (non-hydrogen) atoms. The predicted octanol–water partition coefficient (Wildman–Crippen LogP) is 10.5. The number of fused-ring (bicyclic) bond motifs is 1. The van der Waals surface area contributed by atoms with Crippen LogP contribution in [0.4, 0.5) is 0 Å². The molecule has 2 fully saturated rings. The van der Waals surface area contributed by atoms with E-state index >= 15 is 0 Å². The van der Waals surface area contributed by atoms with Gasteiger partial charge in [0.1, 0.15) is 0 Å². The van der Waals surface area contributed by atoms with Gasteiger partial charge in [-0.3, -0.25) is 0 Å². The van der Waals surface area contributed by atoms with E-state index in [1.807, 2.05) is 19.4 Å². The number of hydrogen-bond donors (Lipinski definition) is 0. The third-order valence-corrected chi connectivity index (χ3v) is 10.9.